The van der Waals surface area contributed by atoms with Crippen LogP contribution in [-0.4, -0.2) is 58.6 Å². The Morgan fingerprint density at radius 3 is 0.809 bits per heavy atom. The van der Waals surface area contributed by atoms with E-state index in [4.69, 9.17) is 44.9 Å². The second-order valence-electron chi connectivity index (χ2n) is 31.6. The fraction of sp³-hybridized carbons (Fsp3) is 0. The molecular weight excluding hydrogens is 1640 g/mol. The van der Waals surface area contributed by atoms with Gasteiger partial charge in [0.2, 0.25) is 0 Å². The van der Waals surface area contributed by atoms with E-state index in [1.165, 1.54) is 45.7 Å². The minimum absolute atomic E-state index is 0.518. The molecule has 8 aromatic heterocycles. The number of fused-ring (bicyclic) bond motifs is 17. The topological polar surface area (TPSA) is 202 Å². The molecule has 0 saturated heterocycles. The van der Waals surface area contributed by atoms with Crippen LogP contribution in [0.5, 0.6) is 0 Å². The lowest BCUT2D eigenvalue weighted by Crippen LogP contribution is -2.02. The number of aromatic nitrogens is 12. The van der Waals surface area contributed by atoms with E-state index in [9.17, 15) is 15.8 Å². The first-order chi connectivity index (χ1) is 64.8. The summed E-state index contributed by atoms with van der Waals surface area (Å²) in [4.78, 5) is 43.7. The Hall–Kier alpha value is -17.9. The van der Waals surface area contributed by atoms with E-state index in [1.807, 2.05) is 261 Å². The number of hydrogen-bond acceptors (Lipinski definition) is 14. The standard InChI is InChI=1S/2C40H23N5S.C34H21N5/c41-24-28-23-27(40-43-38(25-11-3-1-4-12-25)42-39(44-40)26-13-5-2-6-14-26)19-22-33(28)45-34-17-9-7-15-29(34)31-20-21-32-30-16-8-10-18-35(30)46-37(32)36(31)45;41-24-28-23-27(40-43-38(25-11-3-1-4-12-25)42-39(44-40)26-13-5-2-6-14-26)19-21-32(28)45-33-17-9-7-15-29(33)30-20-22-35-36(37(30)45)31-16-8-10-18-34(31)46-35;35-22-26-21-25(19-20-29(26)39-30-17-9-7-15-27(30)28-16-8-10-18-31(28)39)34-37-32(23-11-3-1-4-12-23)36-33(38-34)24-13-5-2-6-14-24/h2*1-23H;1-21H. The van der Waals surface area contributed by atoms with Crippen molar-refractivity contribution >= 4 is 128 Å². The van der Waals surface area contributed by atoms with Crippen molar-refractivity contribution < 1.29 is 0 Å². The Morgan fingerprint density at radius 1 is 0.191 bits per heavy atom. The van der Waals surface area contributed by atoms with Crippen LogP contribution in [0.4, 0.5) is 0 Å². The zero-order valence-corrected chi connectivity index (χ0v) is 71.3. The first kappa shape index (κ1) is 77.9. The van der Waals surface area contributed by atoms with Crippen molar-refractivity contribution in [3.8, 4) is 138 Å². The molecule has 17 heteroatoms. The number of benzene rings is 17. The van der Waals surface area contributed by atoms with Gasteiger partial charge in [-0.15, -0.1) is 22.7 Å². The lowest BCUT2D eigenvalue weighted by molar-refractivity contribution is 1.07. The molecule has 131 heavy (non-hydrogen) atoms. The van der Waals surface area contributed by atoms with E-state index < -0.39 is 0 Å². The highest BCUT2D eigenvalue weighted by Crippen LogP contribution is 2.47. The van der Waals surface area contributed by atoms with Crippen LogP contribution in [-0.2, 0) is 0 Å². The Bertz CT molecular complexity index is 8730. The van der Waals surface area contributed by atoms with Crippen molar-refractivity contribution in [3.05, 3.63) is 423 Å². The summed E-state index contributed by atoms with van der Waals surface area (Å²) in [5.41, 5.74) is 18.2. The normalized spacial score (nSPS) is 11.3. The van der Waals surface area contributed by atoms with E-state index in [0.717, 1.165) is 127 Å². The summed E-state index contributed by atoms with van der Waals surface area (Å²) in [6.45, 7) is 0. The molecule has 15 nitrogen and oxygen atoms in total. The highest BCUT2D eigenvalue weighted by molar-refractivity contribution is 7.27. The minimum atomic E-state index is 0.518. The van der Waals surface area contributed by atoms with E-state index in [-0.39, 0.29) is 0 Å². The molecule has 0 aliphatic heterocycles. The summed E-state index contributed by atoms with van der Waals surface area (Å²) in [5, 5.41) is 43.4. The van der Waals surface area contributed by atoms with Crippen LogP contribution in [0, 0.1) is 34.0 Å². The summed E-state index contributed by atoms with van der Waals surface area (Å²) in [6.07, 6.45) is 0. The third kappa shape index (κ3) is 14.0. The van der Waals surface area contributed by atoms with Crippen molar-refractivity contribution in [3.63, 3.8) is 0 Å². The maximum atomic E-state index is 10.6. The maximum Gasteiger partial charge on any atom is 0.164 e. The first-order valence-corrected chi connectivity index (χ1v) is 44.4. The van der Waals surface area contributed by atoms with Gasteiger partial charge in [0.05, 0.1) is 71.6 Å². The monoisotopic (exact) mass is 1710 g/mol. The fourth-order valence-electron chi connectivity index (χ4n) is 17.9. The van der Waals surface area contributed by atoms with Gasteiger partial charge in [-0.3, -0.25) is 0 Å². The van der Waals surface area contributed by atoms with E-state index in [0.29, 0.717) is 69.1 Å². The van der Waals surface area contributed by atoms with Gasteiger partial charge in [-0.25, -0.2) is 44.9 Å². The SMILES string of the molecule is N#Cc1cc(-c2nc(-c3ccccc3)nc(-c3ccccc3)n2)ccc1-n1c2ccccc2c2ccc3c4ccccc4sc3c21.N#Cc1cc(-c2nc(-c3ccccc3)nc(-c3ccccc3)n2)ccc1-n1c2ccccc2c2ccc3sc4ccccc4c3c21.N#Cc1cc(-c2nc(-c3ccccc3)nc(-c3ccccc3)n2)ccc1-n1c2ccccc2c2ccccc21. The van der Waals surface area contributed by atoms with Gasteiger partial charge in [0.25, 0.3) is 0 Å². The van der Waals surface area contributed by atoms with Crippen LogP contribution in [0.25, 0.3) is 225 Å². The zero-order valence-electron chi connectivity index (χ0n) is 69.7. The summed E-state index contributed by atoms with van der Waals surface area (Å²) in [7, 11) is 0. The molecule has 17 aromatic carbocycles. The van der Waals surface area contributed by atoms with Gasteiger partial charge < -0.3 is 13.7 Å². The molecular formula is C114H67N15S2. The van der Waals surface area contributed by atoms with Gasteiger partial charge in [-0.05, 0) is 97.1 Å². The molecule has 25 aromatic rings. The number of para-hydroxylation sites is 4. The Balaban J connectivity index is 0.000000112. The molecule has 0 aliphatic carbocycles. The van der Waals surface area contributed by atoms with Crippen molar-refractivity contribution in [1.29, 1.82) is 15.8 Å². The van der Waals surface area contributed by atoms with Crippen LogP contribution < -0.4 is 0 Å². The van der Waals surface area contributed by atoms with Crippen LogP contribution in [0.3, 0.4) is 0 Å². The van der Waals surface area contributed by atoms with Gasteiger partial charge in [-0.2, -0.15) is 15.8 Å². The fourth-order valence-corrected chi connectivity index (χ4v) is 20.2. The average Bonchev–Trinajstić information content (AvgIpc) is 1.56. The zero-order chi connectivity index (χ0) is 87.4. The second kappa shape index (κ2) is 33.2. The summed E-state index contributed by atoms with van der Waals surface area (Å²) < 4.78 is 11.6. The molecule has 0 N–H and O–H groups in total. The number of thiophene rings is 2. The van der Waals surface area contributed by atoms with Crippen molar-refractivity contribution in [2.75, 3.05) is 0 Å². The molecule has 0 aliphatic rings. The summed E-state index contributed by atoms with van der Waals surface area (Å²) >= 11 is 3.60. The van der Waals surface area contributed by atoms with Gasteiger partial charge in [0.15, 0.2) is 52.4 Å². The number of rotatable bonds is 12. The molecule has 0 saturated carbocycles. The molecule has 0 atom stereocenters. The lowest BCUT2D eigenvalue weighted by atomic mass is 10.1. The molecule has 8 heterocycles. The largest absolute Gasteiger partial charge is 0.308 e. The highest BCUT2D eigenvalue weighted by Gasteiger charge is 2.26. The minimum Gasteiger partial charge on any atom is -0.308 e. The van der Waals surface area contributed by atoms with Gasteiger partial charge in [-0.1, -0.05) is 309 Å². The molecule has 0 radical (unpaired) electrons. The van der Waals surface area contributed by atoms with Crippen molar-refractivity contribution in [2.45, 2.75) is 0 Å². The predicted molar refractivity (Wildman–Crippen MR) is 531 cm³/mol. The summed E-state index contributed by atoms with van der Waals surface area (Å²) in [6, 6.07) is 144. The second-order valence-corrected chi connectivity index (χ2v) is 33.7. The third-order valence-electron chi connectivity index (χ3n) is 23.9. The van der Waals surface area contributed by atoms with E-state index in [1.54, 1.807) is 22.7 Å². The van der Waals surface area contributed by atoms with E-state index >= 15 is 0 Å². The molecule has 0 spiro atoms. The highest BCUT2D eigenvalue weighted by atomic mass is 32.1. The maximum absolute atomic E-state index is 10.6. The summed E-state index contributed by atoms with van der Waals surface area (Å²) in [5.74, 6) is 5.07. The smallest absolute Gasteiger partial charge is 0.164 e. The van der Waals surface area contributed by atoms with Crippen LogP contribution in [0.2, 0.25) is 0 Å². The Morgan fingerprint density at radius 2 is 0.450 bits per heavy atom. The van der Waals surface area contributed by atoms with Gasteiger partial charge in [0, 0.05) is 118 Å². The number of hydrogen-bond donors (Lipinski definition) is 0. The molecule has 610 valence electrons. The molecule has 0 amide bonds. The van der Waals surface area contributed by atoms with Crippen LogP contribution >= 0.6 is 22.7 Å². The third-order valence-corrected chi connectivity index (χ3v) is 26.2. The van der Waals surface area contributed by atoms with E-state index in [2.05, 4.69) is 178 Å². The van der Waals surface area contributed by atoms with Crippen molar-refractivity contribution in [1.82, 2.24) is 58.6 Å². The molecule has 25 rings (SSSR count). The molecule has 0 bridgehead atoms. The predicted octanol–water partition coefficient (Wildman–Crippen LogP) is 28.3. The lowest BCUT2D eigenvalue weighted by Gasteiger charge is -2.13. The average molecular weight is 1710 g/mol. The number of nitrogens with zero attached hydrogens (tertiary/aromatic N) is 15. The van der Waals surface area contributed by atoms with Crippen LogP contribution in [0.15, 0.2) is 406 Å². The van der Waals surface area contributed by atoms with Crippen molar-refractivity contribution in [2.24, 2.45) is 0 Å². The van der Waals surface area contributed by atoms with Gasteiger partial charge in [0.1, 0.15) is 18.2 Å². The Labute approximate surface area is 758 Å². The van der Waals surface area contributed by atoms with Crippen LogP contribution in [0.1, 0.15) is 16.7 Å². The quantitative estimate of drug-likeness (QED) is 0.112. The molecule has 0 fully saturated rings. The first-order valence-electron chi connectivity index (χ1n) is 42.7. The molecule has 0 unspecified atom stereocenters. The Kier molecular flexibility index (Phi) is 19.7. The van der Waals surface area contributed by atoms with Gasteiger partial charge >= 0.3 is 0 Å². The number of nitriles is 3.